The Morgan fingerprint density at radius 1 is 1.30 bits per heavy atom. The van der Waals surface area contributed by atoms with Gasteiger partial charge in [0.2, 0.25) is 11.8 Å². The minimum atomic E-state index is -0.900. The maximum atomic E-state index is 12.4. The van der Waals surface area contributed by atoms with Gasteiger partial charge in [0.1, 0.15) is 11.6 Å². The zero-order valence-electron chi connectivity index (χ0n) is 11.5. The van der Waals surface area contributed by atoms with Crippen molar-refractivity contribution in [2.45, 2.75) is 38.9 Å². The summed E-state index contributed by atoms with van der Waals surface area (Å²) in [6.45, 7) is 5.37. The number of piperazine rings is 1. The van der Waals surface area contributed by atoms with Crippen LogP contribution in [0.4, 0.5) is 0 Å². The number of benzene rings is 1. The highest BCUT2D eigenvalue weighted by molar-refractivity contribution is 6.35. The molecule has 4 nitrogen and oxygen atoms in total. The predicted octanol–water partition coefficient (Wildman–Crippen LogP) is 2.62. The monoisotopic (exact) mass is 314 g/mol. The molecule has 20 heavy (non-hydrogen) atoms. The van der Waals surface area contributed by atoms with Crippen LogP contribution in [0.1, 0.15) is 26.3 Å². The molecule has 2 rings (SSSR count). The highest BCUT2D eigenvalue weighted by atomic mass is 35.5. The van der Waals surface area contributed by atoms with E-state index in [0.29, 0.717) is 10.0 Å². The molecule has 108 valence electrons. The molecule has 1 aromatic carbocycles. The molecule has 1 aliphatic heterocycles. The molecular formula is C14H16Cl2N2O2. The second kappa shape index (κ2) is 5.26. The number of amides is 2. The lowest BCUT2D eigenvalue weighted by atomic mass is 9.97. The number of carbonyl (C=O) groups excluding carboxylic acids is 2. The number of rotatable bonds is 2. The van der Waals surface area contributed by atoms with Crippen molar-refractivity contribution in [3.05, 3.63) is 33.8 Å². The molecule has 1 fully saturated rings. The van der Waals surface area contributed by atoms with Crippen LogP contribution in [-0.4, -0.2) is 28.3 Å². The van der Waals surface area contributed by atoms with Crippen LogP contribution in [-0.2, 0) is 16.1 Å². The van der Waals surface area contributed by atoms with Crippen LogP contribution in [0.2, 0.25) is 10.0 Å². The fourth-order valence-electron chi connectivity index (χ4n) is 2.18. The summed E-state index contributed by atoms with van der Waals surface area (Å²) >= 11 is 12.0. The van der Waals surface area contributed by atoms with Crippen LogP contribution >= 0.6 is 23.2 Å². The minimum absolute atomic E-state index is 0.129. The quantitative estimate of drug-likeness (QED) is 0.912. The van der Waals surface area contributed by atoms with Crippen molar-refractivity contribution in [2.75, 3.05) is 0 Å². The third kappa shape index (κ3) is 2.76. The van der Waals surface area contributed by atoms with Gasteiger partial charge in [-0.25, -0.2) is 0 Å². The number of halogens is 2. The highest BCUT2D eigenvalue weighted by Crippen LogP contribution is 2.26. The molecule has 1 aromatic rings. The van der Waals surface area contributed by atoms with E-state index in [4.69, 9.17) is 23.2 Å². The molecule has 0 saturated carbocycles. The first-order valence-electron chi connectivity index (χ1n) is 6.29. The fourth-order valence-corrected chi connectivity index (χ4v) is 2.65. The van der Waals surface area contributed by atoms with Crippen LogP contribution in [0.15, 0.2) is 18.2 Å². The summed E-state index contributed by atoms with van der Waals surface area (Å²) in [5, 5.41) is 3.73. The third-order valence-electron chi connectivity index (χ3n) is 3.43. The Morgan fingerprint density at radius 2 is 1.95 bits per heavy atom. The molecule has 0 aliphatic carbocycles. The molecular weight excluding hydrogens is 299 g/mol. The van der Waals surface area contributed by atoms with Crippen molar-refractivity contribution < 1.29 is 9.59 Å². The minimum Gasteiger partial charge on any atom is -0.340 e. The van der Waals surface area contributed by atoms with Gasteiger partial charge in [0.25, 0.3) is 0 Å². The van der Waals surface area contributed by atoms with E-state index in [-0.39, 0.29) is 18.4 Å². The Labute approximate surface area is 128 Å². The Morgan fingerprint density at radius 3 is 2.55 bits per heavy atom. The van der Waals surface area contributed by atoms with Crippen LogP contribution in [0, 0.1) is 0 Å². The summed E-state index contributed by atoms with van der Waals surface area (Å²) in [5.41, 5.74) is -0.135. The van der Waals surface area contributed by atoms with Crippen molar-refractivity contribution >= 4 is 35.0 Å². The van der Waals surface area contributed by atoms with Gasteiger partial charge in [-0.15, -0.1) is 0 Å². The molecule has 0 bridgehead atoms. The molecule has 1 atom stereocenters. The first-order chi connectivity index (χ1) is 9.22. The average molecular weight is 315 g/mol. The molecule has 2 amide bonds. The van der Waals surface area contributed by atoms with E-state index in [0.717, 1.165) is 5.56 Å². The van der Waals surface area contributed by atoms with E-state index in [1.807, 2.05) is 0 Å². The summed E-state index contributed by atoms with van der Waals surface area (Å²) in [6, 6.07) is 4.59. The van der Waals surface area contributed by atoms with Crippen LogP contribution in [0.25, 0.3) is 0 Å². The molecule has 0 radical (unpaired) electrons. The summed E-state index contributed by atoms with van der Waals surface area (Å²) in [4.78, 5) is 25.9. The number of hydrogen-bond donors (Lipinski definition) is 1. The van der Waals surface area contributed by atoms with Crippen molar-refractivity contribution in [3.8, 4) is 0 Å². The zero-order valence-corrected chi connectivity index (χ0v) is 13.0. The maximum Gasteiger partial charge on any atom is 0.248 e. The van der Waals surface area contributed by atoms with Crippen LogP contribution in [0.5, 0.6) is 0 Å². The Hall–Kier alpha value is -1.26. The van der Waals surface area contributed by atoms with E-state index >= 15 is 0 Å². The first kappa shape index (κ1) is 15.1. The van der Waals surface area contributed by atoms with Gasteiger partial charge in [-0.1, -0.05) is 29.3 Å². The predicted molar refractivity (Wildman–Crippen MR) is 78.7 cm³/mol. The summed E-state index contributed by atoms with van der Waals surface area (Å²) in [5.74, 6) is -0.296. The molecule has 6 heteroatoms. The van der Waals surface area contributed by atoms with E-state index in [9.17, 15) is 9.59 Å². The van der Waals surface area contributed by atoms with Crippen LogP contribution in [0.3, 0.4) is 0 Å². The van der Waals surface area contributed by atoms with E-state index < -0.39 is 11.6 Å². The fraction of sp³-hybridized carbons (Fsp3) is 0.429. The molecule has 1 aliphatic rings. The lowest BCUT2D eigenvalue weighted by Crippen LogP contribution is -2.66. The van der Waals surface area contributed by atoms with Gasteiger partial charge in [-0.3, -0.25) is 9.59 Å². The SMILES string of the molecule is CC1C(=O)NC(C)(C)C(=O)N1Cc1ccc(Cl)cc1Cl. The molecule has 0 spiro atoms. The van der Waals surface area contributed by atoms with Crippen molar-refractivity contribution in [3.63, 3.8) is 0 Å². The highest BCUT2D eigenvalue weighted by Gasteiger charge is 2.43. The van der Waals surface area contributed by atoms with Gasteiger partial charge in [-0.05, 0) is 38.5 Å². The third-order valence-corrected chi connectivity index (χ3v) is 4.02. The molecule has 0 aromatic heterocycles. The molecule has 1 heterocycles. The second-order valence-corrected chi connectivity index (χ2v) is 6.30. The number of nitrogens with one attached hydrogen (secondary N) is 1. The number of hydrogen-bond acceptors (Lipinski definition) is 2. The lowest BCUT2D eigenvalue weighted by molar-refractivity contribution is -0.153. The summed E-state index contributed by atoms with van der Waals surface area (Å²) in [6.07, 6.45) is 0. The van der Waals surface area contributed by atoms with E-state index in [2.05, 4.69) is 5.32 Å². The Bertz CT molecular complexity index is 572. The largest absolute Gasteiger partial charge is 0.340 e. The summed E-state index contributed by atoms with van der Waals surface area (Å²) in [7, 11) is 0. The van der Waals surface area contributed by atoms with Gasteiger partial charge in [-0.2, -0.15) is 0 Å². The second-order valence-electron chi connectivity index (χ2n) is 5.46. The Balaban J connectivity index is 2.30. The number of carbonyl (C=O) groups is 2. The van der Waals surface area contributed by atoms with Gasteiger partial charge in [0, 0.05) is 16.6 Å². The van der Waals surface area contributed by atoms with Gasteiger partial charge >= 0.3 is 0 Å². The topological polar surface area (TPSA) is 49.4 Å². The van der Waals surface area contributed by atoms with Crippen molar-refractivity contribution in [1.82, 2.24) is 10.2 Å². The smallest absolute Gasteiger partial charge is 0.248 e. The first-order valence-corrected chi connectivity index (χ1v) is 7.05. The van der Waals surface area contributed by atoms with Crippen LogP contribution < -0.4 is 5.32 Å². The Kier molecular flexibility index (Phi) is 3.98. The molecule has 1 unspecified atom stereocenters. The molecule has 1 saturated heterocycles. The standard InChI is InChI=1S/C14H16Cl2N2O2/c1-8-12(19)17-14(2,3)13(20)18(8)7-9-4-5-10(15)6-11(9)16/h4-6,8H,7H2,1-3H3,(H,17,19). The van der Waals surface area contributed by atoms with Gasteiger partial charge in [0.15, 0.2) is 0 Å². The van der Waals surface area contributed by atoms with Crippen molar-refractivity contribution in [1.29, 1.82) is 0 Å². The average Bonchev–Trinajstić information content (AvgIpc) is 2.34. The number of nitrogens with zero attached hydrogens (tertiary/aromatic N) is 1. The summed E-state index contributed by atoms with van der Waals surface area (Å²) < 4.78 is 0. The van der Waals surface area contributed by atoms with Gasteiger partial charge < -0.3 is 10.2 Å². The van der Waals surface area contributed by atoms with Crippen molar-refractivity contribution in [2.24, 2.45) is 0 Å². The molecule has 1 N–H and O–H groups in total. The normalized spacial score (nSPS) is 21.9. The zero-order chi connectivity index (χ0) is 15.1. The lowest BCUT2D eigenvalue weighted by Gasteiger charge is -2.41. The maximum absolute atomic E-state index is 12.4. The van der Waals surface area contributed by atoms with Gasteiger partial charge in [0.05, 0.1) is 0 Å². The van der Waals surface area contributed by atoms with E-state index in [1.54, 1.807) is 39.0 Å². The van der Waals surface area contributed by atoms with E-state index in [1.165, 1.54) is 4.90 Å².